The number of nitrogens with zero attached hydrogens (tertiary/aromatic N) is 2. The van der Waals surface area contributed by atoms with Gasteiger partial charge in [-0.25, -0.2) is 9.78 Å². The zero-order valence-electron chi connectivity index (χ0n) is 17.6. The Morgan fingerprint density at radius 1 is 1.32 bits per heavy atom. The average Bonchev–Trinajstić information content (AvgIpc) is 2.60. The van der Waals surface area contributed by atoms with Gasteiger partial charge in [-0.15, -0.1) is 0 Å². The number of H-pyrrole nitrogens is 1. The standard InChI is InChI=1S/C21H34N4O3/c1-14(22-20(27)28-21(2,3)4)12-25-11-10-16-17(13-25)23-18(24-19(16)26)15-8-6-5-7-9-15/h14-15H,5-13H2,1-4H3,(H,22,27)(H,23,24,26). The first kappa shape index (κ1) is 20.8. The Bertz CT molecular complexity index is 747. The molecule has 156 valence electrons. The predicted octanol–water partition coefficient (Wildman–Crippen LogP) is 3.09. The van der Waals surface area contributed by atoms with E-state index < -0.39 is 11.7 Å². The Kier molecular flexibility index (Phi) is 6.43. The number of aromatic nitrogens is 2. The molecule has 7 heteroatoms. The minimum Gasteiger partial charge on any atom is -0.444 e. The zero-order valence-corrected chi connectivity index (χ0v) is 17.6. The number of aromatic amines is 1. The third-order valence-corrected chi connectivity index (χ3v) is 5.46. The summed E-state index contributed by atoms with van der Waals surface area (Å²) in [5, 5.41) is 2.89. The number of alkyl carbamates (subject to hydrolysis) is 1. The average molecular weight is 391 g/mol. The first-order chi connectivity index (χ1) is 13.2. The van der Waals surface area contributed by atoms with Crippen LogP contribution in [0, 0.1) is 0 Å². The van der Waals surface area contributed by atoms with E-state index >= 15 is 0 Å². The Morgan fingerprint density at radius 2 is 2.04 bits per heavy atom. The van der Waals surface area contributed by atoms with Crippen molar-refractivity contribution in [2.24, 2.45) is 0 Å². The van der Waals surface area contributed by atoms with Gasteiger partial charge in [0.1, 0.15) is 11.4 Å². The molecule has 1 atom stereocenters. The highest BCUT2D eigenvalue weighted by atomic mass is 16.6. The lowest BCUT2D eigenvalue weighted by molar-refractivity contribution is 0.0495. The summed E-state index contributed by atoms with van der Waals surface area (Å²) in [5.74, 6) is 1.25. The molecule has 1 aliphatic carbocycles. The zero-order chi connectivity index (χ0) is 20.3. The molecule has 28 heavy (non-hydrogen) atoms. The van der Waals surface area contributed by atoms with Gasteiger partial charge in [0, 0.05) is 37.2 Å². The van der Waals surface area contributed by atoms with E-state index in [9.17, 15) is 9.59 Å². The fourth-order valence-electron chi connectivity index (χ4n) is 4.18. The molecule has 0 aromatic carbocycles. The normalized spacial score (nSPS) is 19.7. The lowest BCUT2D eigenvalue weighted by Gasteiger charge is -2.31. The number of hydrogen-bond donors (Lipinski definition) is 2. The second kappa shape index (κ2) is 8.64. The van der Waals surface area contributed by atoms with E-state index in [1.165, 1.54) is 19.3 Å². The van der Waals surface area contributed by atoms with Gasteiger partial charge in [-0.1, -0.05) is 19.3 Å². The molecule has 1 unspecified atom stereocenters. The minimum atomic E-state index is -0.506. The Balaban J connectivity index is 1.62. The first-order valence-corrected chi connectivity index (χ1v) is 10.5. The van der Waals surface area contributed by atoms with E-state index in [1.54, 1.807) is 0 Å². The summed E-state index contributed by atoms with van der Waals surface area (Å²) < 4.78 is 5.33. The summed E-state index contributed by atoms with van der Waals surface area (Å²) in [6, 6.07) is -0.0452. The fourth-order valence-corrected chi connectivity index (χ4v) is 4.18. The van der Waals surface area contributed by atoms with Crippen molar-refractivity contribution < 1.29 is 9.53 Å². The van der Waals surface area contributed by atoms with Crippen LogP contribution in [0.25, 0.3) is 0 Å². The molecule has 0 spiro atoms. The molecule has 1 amide bonds. The van der Waals surface area contributed by atoms with Gasteiger partial charge < -0.3 is 15.0 Å². The third-order valence-electron chi connectivity index (χ3n) is 5.46. The number of nitrogens with one attached hydrogen (secondary N) is 2. The molecule has 2 N–H and O–H groups in total. The topological polar surface area (TPSA) is 87.3 Å². The maximum atomic E-state index is 12.5. The number of hydrogen-bond acceptors (Lipinski definition) is 5. The van der Waals surface area contributed by atoms with Gasteiger partial charge in [0.2, 0.25) is 0 Å². The van der Waals surface area contributed by atoms with Crippen LogP contribution in [0.2, 0.25) is 0 Å². The van der Waals surface area contributed by atoms with E-state index in [0.717, 1.165) is 36.5 Å². The van der Waals surface area contributed by atoms with E-state index in [-0.39, 0.29) is 11.6 Å². The van der Waals surface area contributed by atoms with E-state index in [4.69, 9.17) is 9.72 Å². The van der Waals surface area contributed by atoms with Crippen LogP contribution in [0.15, 0.2) is 4.79 Å². The minimum absolute atomic E-state index is 0.0325. The van der Waals surface area contributed by atoms with Gasteiger partial charge in [-0.2, -0.15) is 0 Å². The number of amides is 1. The van der Waals surface area contributed by atoms with Crippen LogP contribution in [0.4, 0.5) is 4.79 Å². The van der Waals surface area contributed by atoms with Gasteiger partial charge in [0.05, 0.1) is 5.69 Å². The highest BCUT2D eigenvalue weighted by molar-refractivity contribution is 5.68. The van der Waals surface area contributed by atoms with Crippen molar-refractivity contribution in [3.63, 3.8) is 0 Å². The van der Waals surface area contributed by atoms with Gasteiger partial charge in [-0.3, -0.25) is 9.69 Å². The van der Waals surface area contributed by atoms with Crippen molar-refractivity contribution in [1.82, 2.24) is 20.2 Å². The number of carbonyl (C=O) groups excluding carboxylic acids is 1. The molecule has 0 bridgehead atoms. The fraction of sp³-hybridized carbons (Fsp3) is 0.762. The Hall–Kier alpha value is -1.89. The number of carbonyl (C=O) groups is 1. The smallest absolute Gasteiger partial charge is 0.407 e. The molecule has 1 aliphatic heterocycles. The van der Waals surface area contributed by atoms with Crippen LogP contribution in [0.5, 0.6) is 0 Å². The maximum Gasteiger partial charge on any atom is 0.407 e. The van der Waals surface area contributed by atoms with Crippen LogP contribution in [-0.2, 0) is 17.7 Å². The molecule has 0 saturated heterocycles. The SMILES string of the molecule is CC(CN1CCc2c(nc(C3CCCCC3)[nH]c2=O)C1)NC(=O)OC(C)(C)C. The lowest BCUT2D eigenvalue weighted by Crippen LogP contribution is -2.46. The van der Waals surface area contributed by atoms with Crippen LogP contribution < -0.4 is 10.9 Å². The quantitative estimate of drug-likeness (QED) is 0.825. The summed E-state index contributed by atoms with van der Waals surface area (Å²) >= 11 is 0. The van der Waals surface area contributed by atoms with Crippen LogP contribution in [0.1, 0.15) is 82.8 Å². The van der Waals surface area contributed by atoms with Gasteiger partial charge >= 0.3 is 6.09 Å². The number of ether oxygens (including phenoxy) is 1. The summed E-state index contributed by atoms with van der Waals surface area (Å²) in [4.78, 5) is 34.7. The maximum absolute atomic E-state index is 12.5. The highest BCUT2D eigenvalue weighted by Gasteiger charge is 2.26. The number of fused-ring (bicyclic) bond motifs is 1. The van der Waals surface area contributed by atoms with Crippen molar-refractivity contribution in [1.29, 1.82) is 0 Å². The molecule has 7 nitrogen and oxygen atoms in total. The second-order valence-electron chi connectivity index (χ2n) is 9.24. The third kappa shape index (κ3) is 5.56. The summed E-state index contributed by atoms with van der Waals surface area (Å²) in [6.45, 7) is 9.67. The Morgan fingerprint density at radius 3 is 2.71 bits per heavy atom. The van der Waals surface area contributed by atoms with Crippen molar-refractivity contribution in [2.75, 3.05) is 13.1 Å². The highest BCUT2D eigenvalue weighted by Crippen LogP contribution is 2.30. The molecule has 0 radical (unpaired) electrons. The van der Waals surface area contributed by atoms with Crippen molar-refractivity contribution in [3.05, 3.63) is 27.4 Å². The predicted molar refractivity (Wildman–Crippen MR) is 108 cm³/mol. The van der Waals surface area contributed by atoms with Crippen LogP contribution in [-0.4, -0.2) is 45.7 Å². The molecular weight excluding hydrogens is 356 g/mol. The monoisotopic (exact) mass is 390 g/mol. The van der Waals surface area contributed by atoms with Gasteiger partial charge in [0.15, 0.2) is 0 Å². The Labute approximate surface area is 167 Å². The van der Waals surface area contributed by atoms with E-state index in [0.29, 0.717) is 25.4 Å². The van der Waals surface area contributed by atoms with E-state index in [2.05, 4.69) is 15.2 Å². The van der Waals surface area contributed by atoms with Crippen molar-refractivity contribution in [2.45, 2.75) is 90.3 Å². The van der Waals surface area contributed by atoms with Crippen LogP contribution in [0.3, 0.4) is 0 Å². The first-order valence-electron chi connectivity index (χ1n) is 10.5. The lowest BCUT2D eigenvalue weighted by atomic mass is 9.88. The van der Waals surface area contributed by atoms with Crippen molar-refractivity contribution in [3.8, 4) is 0 Å². The summed E-state index contributed by atoms with van der Waals surface area (Å²) in [6.07, 6.45) is 6.23. The molecular formula is C21H34N4O3. The molecule has 1 saturated carbocycles. The molecule has 1 fully saturated rings. The molecule has 2 heterocycles. The van der Waals surface area contributed by atoms with Gasteiger partial charge in [0.25, 0.3) is 5.56 Å². The largest absolute Gasteiger partial charge is 0.444 e. The molecule has 1 aromatic heterocycles. The van der Waals surface area contributed by atoms with E-state index in [1.807, 2.05) is 27.7 Å². The molecule has 3 rings (SSSR count). The second-order valence-corrected chi connectivity index (χ2v) is 9.24. The summed E-state index contributed by atoms with van der Waals surface area (Å²) in [7, 11) is 0. The van der Waals surface area contributed by atoms with Crippen molar-refractivity contribution >= 4 is 6.09 Å². The molecule has 1 aromatic rings. The van der Waals surface area contributed by atoms with Gasteiger partial charge in [-0.05, 0) is 47.0 Å². The molecule has 2 aliphatic rings. The van der Waals surface area contributed by atoms with Crippen LogP contribution >= 0.6 is 0 Å². The number of rotatable bonds is 4. The summed E-state index contributed by atoms with van der Waals surface area (Å²) in [5.41, 5.74) is 1.25.